The quantitative estimate of drug-likeness (QED) is 0.691. The lowest BCUT2D eigenvalue weighted by Gasteiger charge is -1.96. The van der Waals surface area contributed by atoms with Gasteiger partial charge in [-0.3, -0.25) is 9.48 Å². The molecule has 2 heterocycles. The highest BCUT2D eigenvalue weighted by Gasteiger charge is 2.10. The summed E-state index contributed by atoms with van der Waals surface area (Å²) in [5, 5.41) is 11.6. The largest absolute Gasteiger partial charge is 0.325 e. The van der Waals surface area contributed by atoms with Crippen LogP contribution in [-0.2, 0) is 20.1 Å². The van der Waals surface area contributed by atoms with Gasteiger partial charge in [-0.25, -0.2) is 4.68 Å². The average Bonchev–Trinajstić information content (AvgIpc) is 2.87. The van der Waals surface area contributed by atoms with E-state index in [0.29, 0.717) is 17.9 Å². The Morgan fingerprint density at radius 2 is 2.38 bits per heavy atom. The van der Waals surface area contributed by atoms with Gasteiger partial charge in [0.1, 0.15) is 12.2 Å². The van der Waals surface area contributed by atoms with Crippen molar-refractivity contribution in [2.75, 3.05) is 0 Å². The molecular formula is C9H12N6O. The van der Waals surface area contributed by atoms with E-state index in [2.05, 4.69) is 15.4 Å². The maximum Gasteiger partial charge on any atom is 0.204 e. The summed E-state index contributed by atoms with van der Waals surface area (Å²) in [5.41, 5.74) is 6.48. The topological polar surface area (TPSA) is 91.6 Å². The van der Waals surface area contributed by atoms with E-state index in [-0.39, 0.29) is 12.3 Å². The van der Waals surface area contributed by atoms with Gasteiger partial charge in [0.05, 0.1) is 11.9 Å². The molecular weight excluding hydrogens is 208 g/mol. The SMILES string of the molecule is Cn1ccc(C(=O)Cn2cc(CN)nn2)n1. The van der Waals surface area contributed by atoms with E-state index < -0.39 is 0 Å². The molecule has 0 radical (unpaired) electrons. The average molecular weight is 220 g/mol. The van der Waals surface area contributed by atoms with E-state index in [1.165, 1.54) is 4.68 Å². The fraction of sp³-hybridized carbons (Fsp3) is 0.333. The molecule has 0 saturated heterocycles. The molecule has 2 aromatic heterocycles. The Bertz CT molecular complexity index is 500. The van der Waals surface area contributed by atoms with Crippen molar-refractivity contribution in [3.63, 3.8) is 0 Å². The summed E-state index contributed by atoms with van der Waals surface area (Å²) in [4.78, 5) is 11.7. The molecule has 0 aliphatic carbocycles. The van der Waals surface area contributed by atoms with E-state index in [0.717, 1.165) is 0 Å². The highest BCUT2D eigenvalue weighted by Crippen LogP contribution is 1.99. The molecule has 7 heteroatoms. The van der Waals surface area contributed by atoms with Crippen molar-refractivity contribution in [2.24, 2.45) is 12.8 Å². The van der Waals surface area contributed by atoms with E-state index in [9.17, 15) is 4.79 Å². The number of aryl methyl sites for hydroxylation is 1. The molecule has 0 amide bonds. The number of nitrogens with zero attached hydrogens (tertiary/aromatic N) is 5. The molecule has 0 fully saturated rings. The van der Waals surface area contributed by atoms with Crippen LogP contribution >= 0.6 is 0 Å². The minimum Gasteiger partial charge on any atom is -0.325 e. The summed E-state index contributed by atoms with van der Waals surface area (Å²) >= 11 is 0. The monoisotopic (exact) mass is 220 g/mol. The summed E-state index contributed by atoms with van der Waals surface area (Å²) in [6.45, 7) is 0.446. The van der Waals surface area contributed by atoms with Gasteiger partial charge in [-0.2, -0.15) is 5.10 Å². The van der Waals surface area contributed by atoms with Crippen LogP contribution in [0.3, 0.4) is 0 Å². The maximum absolute atomic E-state index is 11.7. The van der Waals surface area contributed by atoms with Gasteiger partial charge in [0, 0.05) is 19.8 Å². The first kappa shape index (κ1) is 10.5. The van der Waals surface area contributed by atoms with E-state index in [1.807, 2.05) is 0 Å². The number of aromatic nitrogens is 5. The minimum absolute atomic E-state index is 0.103. The molecule has 0 aliphatic rings. The van der Waals surface area contributed by atoms with Crippen LogP contribution in [0.5, 0.6) is 0 Å². The van der Waals surface area contributed by atoms with Crippen LogP contribution in [0, 0.1) is 0 Å². The first-order valence-electron chi connectivity index (χ1n) is 4.81. The summed E-state index contributed by atoms with van der Waals surface area (Å²) in [5.74, 6) is -0.103. The number of hydrogen-bond acceptors (Lipinski definition) is 5. The minimum atomic E-state index is -0.103. The van der Waals surface area contributed by atoms with Crippen molar-refractivity contribution in [3.8, 4) is 0 Å². The second kappa shape index (κ2) is 4.23. The lowest BCUT2D eigenvalue weighted by molar-refractivity contribution is 0.0961. The molecule has 2 aromatic rings. The first-order valence-corrected chi connectivity index (χ1v) is 4.81. The Morgan fingerprint density at radius 1 is 1.56 bits per heavy atom. The van der Waals surface area contributed by atoms with Gasteiger partial charge in [0.15, 0.2) is 0 Å². The van der Waals surface area contributed by atoms with Gasteiger partial charge in [0.2, 0.25) is 5.78 Å². The summed E-state index contributed by atoms with van der Waals surface area (Å²) in [6, 6.07) is 1.67. The Hall–Kier alpha value is -2.02. The van der Waals surface area contributed by atoms with Crippen LogP contribution in [0.1, 0.15) is 16.2 Å². The Kier molecular flexibility index (Phi) is 2.78. The van der Waals surface area contributed by atoms with Crippen LogP contribution < -0.4 is 5.73 Å². The molecule has 2 rings (SSSR count). The molecule has 0 saturated carbocycles. The standard InChI is InChI=1S/C9H12N6O/c1-14-3-2-8(12-14)9(16)6-15-5-7(4-10)11-13-15/h2-3,5H,4,6,10H2,1H3. The number of rotatable bonds is 4. The van der Waals surface area contributed by atoms with E-state index >= 15 is 0 Å². The number of carbonyl (C=O) groups excluding carboxylic acids is 1. The lowest BCUT2D eigenvalue weighted by Crippen LogP contribution is -2.12. The summed E-state index contributed by atoms with van der Waals surface area (Å²) < 4.78 is 3.04. The van der Waals surface area contributed by atoms with Crippen molar-refractivity contribution in [1.82, 2.24) is 24.8 Å². The van der Waals surface area contributed by atoms with Crippen molar-refractivity contribution >= 4 is 5.78 Å². The molecule has 7 nitrogen and oxygen atoms in total. The van der Waals surface area contributed by atoms with Crippen LogP contribution in [0.25, 0.3) is 0 Å². The second-order valence-electron chi connectivity index (χ2n) is 3.41. The highest BCUT2D eigenvalue weighted by atomic mass is 16.1. The van der Waals surface area contributed by atoms with Crippen molar-refractivity contribution < 1.29 is 4.79 Å². The van der Waals surface area contributed by atoms with Crippen molar-refractivity contribution in [1.29, 1.82) is 0 Å². The molecule has 0 atom stereocenters. The van der Waals surface area contributed by atoms with Crippen LogP contribution in [0.2, 0.25) is 0 Å². The molecule has 16 heavy (non-hydrogen) atoms. The number of nitrogens with two attached hydrogens (primary N) is 1. The number of ketones is 1. The van der Waals surface area contributed by atoms with E-state index in [1.54, 1.807) is 30.2 Å². The Morgan fingerprint density at radius 3 is 2.94 bits per heavy atom. The molecule has 0 aliphatic heterocycles. The predicted molar refractivity (Wildman–Crippen MR) is 55.5 cm³/mol. The predicted octanol–water partition coefficient (Wildman–Crippen LogP) is -0.647. The second-order valence-corrected chi connectivity index (χ2v) is 3.41. The van der Waals surface area contributed by atoms with Gasteiger partial charge in [0.25, 0.3) is 0 Å². The van der Waals surface area contributed by atoms with Gasteiger partial charge in [-0.15, -0.1) is 5.10 Å². The Labute approximate surface area is 91.9 Å². The number of carbonyl (C=O) groups is 1. The maximum atomic E-state index is 11.7. The van der Waals surface area contributed by atoms with Gasteiger partial charge < -0.3 is 5.73 Å². The zero-order valence-electron chi connectivity index (χ0n) is 8.87. The normalized spacial score (nSPS) is 10.6. The van der Waals surface area contributed by atoms with Crippen LogP contribution in [0.15, 0.2) is 18.5 Å². The summed E-state index contributed by atoms with van der Waals surface area (Å²) in [6.07, 6.45) is 3.38. The molecule has 2 N–H and O–H groups in total. The molecule has 0 bridgehead atoms. The molecule has 0 unspecified atom stereocenters. The van der Waals surface area contributed by atoms with Crippen molar-refractivity contribution in [3.05, 3.63) is 29.8 Å². The third-order valence-electron chi connectivity index (χ3n) is 2.10. The highest BCUT2D eigenvalue weighted by molar-refractivity contribution is 5.93. The van der Waals surface area contributed by atoms with Gasteiger partial charge in [-0.1, -0.05) is 5.21 Å². The molecule has 0 spiro atoms. The molecule has 0 aromatic carbocycles. The smallest absolute Gasteiger partial charge is 0.204 e. The fourth-order valence-corrected chi connectivity index (χ4v) is 1.30. The van der Waals surface area contributed by atoms with E-state index in [4.69, 9.17) is 5.73 Å². The van der Waals surface area contributed by atoms with Gasteiger partial charge >= 0.3 is 0 Å². The number of Topliss-reactive ketones (excluding diaryl/α,β-unsaturated/α-hetero) is 1. The van der Waals surface area contributed by atoms with Crippen LogP contribution in [-0.4, -0.2) is 30.6 Å². The van der Waals surface area contributed by atoms with Gasteiger partial charge in [-0.05, 0) is 6.07 Å². The zero-order chi connectivity index (χ0) is 11.5. The third-order valence-corrected chi connectivity index (χ3v) is 2.10. The third kappa shape index (κ3) is 2.14. The molecule has 84 valence electrons. The lowest BCUT2D eigenvalue weighted by atomic mass is 10.3. The fourth-order valence-electron chi connectivity index (χ4n) is 1.30. The summed E-state index contributed by atoms with van der Waals surface area (Å²) in [7, 11) is 1.76. The Balaban J connectivity index is 2.07. The zero-order valence-corrected chi connectivity index (χ0v) is 8.87. The van der Waals surface area contributed by atoms with Crippen molar-refractivity contribution in [2.45, 2.75) is 13.1 Å². The number of hydrogen-bond donors (Lipinski definition) is 1. The van der Waals surface area contributed by atoms with Crippen LogP contribution in [0.4, 0.5) is 0 Å². The first-order chi connectivity index (χ1) is 7.69.